The molecule has 0 aliphatic carbocycles. The van der Waals surface area contributed by atoms with Crippen molar-refractivity contribution >= 4 is 107 Å². The summed E-state index contributed by atoms with van der Waals surface area (Å²) in [5, 5.41) is 5.89. The van der Waals surface area contributed by atoms with Gasteiger partial charge in [0.15, 0.2) is 0 Å². The molecule has 0 saturated heterocycles. The lowest BCUT2D eigenvalue weighted by molar-refractivity contribution is -0.174. The van der Waals surface area contributed by atoms with Gasteiger partial charge in [-0.15, -0.1) is 66.3 Å². The Kier molecular flexibility index (Phi) is 34.7. The molecule has 0 fully saturated rings. The topological polar surface area (TPSA) is 272 Å². The van der Waals surface area contributed by atoms with Crippen LogP contribution in [0.5, 0.6) is 0 Å². The molecule has 340 valence electrons. The van der Waals surface area contributed by atoms with Crippen LogP contribution in [0, 0.1) is 37.0 Å². The summed E-state index contributed by atoms with van der Waals surface area (Å²) in [6.07, 6.45) is 16.8. The maximum atomic E-state index is 12.1. The summed E-state index contributed by atoms with van der Waals surface area (Å²) in [6, 6.07) is 0. The zero-order chi connectivity index (χ0) is 46.9. The lowest BCUT2D eigenvalue weighted by Gasteiger charge is -2.15. The van der Waals surface area contributed by atoms with Gasteiger partial charge in [0.1, 0.15) is 38.8 Å². The van der Waals surface area contributed by atoms with Gasteiger partial charge in [-0.2, -0.15) is 0 Å². The largest absolute Gasteiger partial charge is 0.460 e. The second-order valence-corrected chi connectivity index (χ2v) is 14.1. The van der Waals surface area contributed by atoms with Crippen molar-refractivity contribution in [3.05, 3.63) is 45.9 Å². The number of ether oxygens (including phenoxy) is 11. The van der Waals surface area contributed by atoms with Crippen LogP contribution >= 0.6 is 47.0 Å². The maximum absolute atomic E-state index is 12.1. The van der Waals surface area contributed by atoms with Crippen LogP contribution < -0.4 is 0 Å². The summed E-state index contributed by atoms with van der Waals surface area (Å²) in [6.45, 7) is -3.71. The van der Waals surface area contributed by atoms with Gasteiger partial charge in [-0.25, -0.2) is 28.8 Å². The van der Waals surface area contributed by atoms with Gasteiger partial charge in [-0.05, 0) is 21.6 Å². The van der Waals surface area contributed by atoms with Crippen LogP contribution in [0.25, 0.3) is 0 Å². The van der Waals surface area contributed by atoms with Crippen molar-refractivity contribution in [3.8, 4) is 37.0 Å². The van der Waals surface area contributed by atoms with E-state index in [0.29, 0.717) is 23.0 Å². The molecule has 0 heterocycles. The first-order chi connectivity index (χ1) is 30.3. The Morgan fingerprint density at radius 1 is 0.429 bits per heavy atom. The molecule has 0 rings (SSSR count). The van der Waals surface area contributed by atoms with E-state index < -0.39 is 106 Å². The average Bonchev–Trinajstić information content (AvgIpc) is 3.24. The number of terminal acetylenes is 3. The molecular weight excluding hydrogens is 921 g/mol. The summed E-state index contributed by atoms with van der Waals surface area (Å²) in [7, 11) is 0. The molecule has 1 atom stereocenters. The molecule has 25 heteroatoms. The number of hydrogen-bond donors (Lipinski definition) is 0. The highest BCUT2D eigenvalue weighted by molar-refractivity contribution is 8.06. The van der Waals surface area contributed by atoms with Gasteiger partial charge in [-0.1, -0.05) is 5.92 Å². The monoisotopic (exact) mass is 958 g/mol. The zero-order valence-corrected chi connectivity index (χ0v) is 36.1. The first-order valence-electron chi connectivity index (χ1n) is 17.0. The number of rotatable bonds is 32. The van der Waals surface area contributed by atoms with E-state index in [9.17, 15) is 47.9 Å². The molecule has 0 saturated carbocycles. The first-order valence-corrected chi connectivity index (χ1v) is 21.2. The summed E-state index contributed by atoms with van der Waals surface area (Å²) in [5.41, 5.74) is 0. The van der Waals surface area contributed by atoms with Crippen molar-refractivity contribution in [3.63, 3.8) is 0 Å². The molecule has 0 radical (unpaired) electrons. The van der Waals surface area contributed by atoms with Gasteiger partial charge in [0.05, 0.1) is 0 Å². The number of carbonyl (C=O) groups is 10. The standard InChI is InChI=1S/C38H38O21S4/c1-4-11-49-28(22-50-31(41)7-12-60-16-18-62-14-9-33(43)54-26-58-37(47)20-35(45)56-24-52-29(39)5-2)23-51-32(42)8-13-61-17-19-63-15-10-34(44)55-27-59-38(48)21-36(46)57-25-53-30(40)6-3/h1-3,7-10,12-15,28H,11,16-27H2/b12-7+,13-8?,14-9?,15-10+. The Labute approximate surface area is 377 Å². The van der Waals surface area contributed by atoms with Gasteiger partial charge in [0.2, 0.25) is 27.2 Å². The molecular formula is C38H38O21S4. The summed E-state index contributed by atoms with van der Waals surface area (Å²) >= 11 is 5.05. The van der Waals surface area contributed by atoms with E-state index >= 15 is 0 Å². The van der Waals surface area contributed by atoms with Crippen molar-refractivity contribution in [2.24, 2.45) is 0 Å². The predicted molar refractivity (Wildman–Crippen MR) is 222 cm³/mol. The second kappa shape index (κ2) is 38.6. The van der Waals surface area contributed by atoms with E-state index in [0.717, 1.165) is 12.2 Å². The third kappa shape index (κ3) is 37.2. The van der Waals surface area contributed by atoms with Crippen LogP contribution in [0.2, 0.25) is 0 Å². The normalized spacial score (nSPS) is 11.0. The minimum atomic E-state index is -1.06. The molecule has 63 heavy (non-hydrogen) atoms. The smallest absolute Gasteiger partial charge is 0.386 e. The third-order valence-corrected chi connectivity index (χ3v) is 9.13. The lowest BCUT2D eigenvalue weighted by atomic mass is 10.4. The Morgan fingerprint density at radius 3 is 1.03 bits per heavy atom. The highest BCUT2D eigenvalue weighted by Crippen LogP contribution is 2.11. The number of hydrogen-bond acceptors (Lipinski definition) is 25. The summed E-state index contributed by atoms with van der Waals surface area (Å²) < 4.78 is 51.6. The molecule has 21 nitrogen and oxygen atoms in total. The number of thioether (sulfide) groups is 4. The van der Waals surface area contributed by atoms with Crippen LogP contribution in [0.15, 0.2) is 45.9 Å². The van der Waals surface area contributed by atoms with Crippen LogP contribution in [-0.2, 0) is 100 Å². The highest BCUT2D eigenvalue weighted by atomic mass is 32.2. The first kappa shape index (κ1) is 56.7. The van der Waals surface area contributed by atoms with Gasteiger partial charge in [0.25, 0.3) is 0 Å². The Hall–Kier alpha value is -6.30. The van der Waals surface area contributed by atoms with Crippen LogP contribution in [-0.4, -0.2) is 136 Å². The molecule has 0 aliphatic rings. The van der Waals surface area contributed by atoms with E-state index in [-0.39, 0.29) is 19.8 Å². The van der Waals surface area contributed by atoms with E-state index in [2.05, 4.69) is 43.8 Å². The van der Waals surface area contributed by atoms with Crippen LogP contribution in [0.1, 0.15) is 12.8 Å². The Morgan fingerprint density at radius 2 is 0.730 bits per heavy atom. The molecule has 0 N–H and O–H groups in total. The quantitative estimate of drug-likeness (QED) is 0.0134. The molecule has 0 aliphatic heterocycles. The van der Waals surface area contributed by atoms with Crippen molar-refractivity contribution < 1.29 is 100 Å². The van der Waals surface area contributed by atoms with E-state index in [4.69, 9.17) is 33.5 Å². The van der Waals surface area contributed by atoms with Crippen LogP contribution in [0.4, 0.5) is 0 Å². The molecule has 0 aromatic rings. The van der Waals surface area contributed by atoms with Gasteiger partial charge in [-0.3, -0.25) is 19.2 Å². The van der Waals surface area contributed by atoms with Crippen molar-refractivity contribution in [1.82, 2.24) is 0 Å². The van der Waals surface area contributed by atoms with Gasteiger partial charge < -0.3 is 52.1 Å². The molecule has 0 aromatic heterocycles. The molecule has 0 bridgehead atoms. The lowest BCUT2D eigenvalue weighted by Crippen LogP contribution is -2.28. The maximum Gasteiger partial charge on any atom is 0.386 e. The number of carbonyl (C=O) groups excluding carboxylic acids is 10. The second-order valence-electron chi connectivity index (χ2n) is 10.1. The summed E-state index contributed by atoms with van der Waals surface area (Å²) in [4.78, 5) is 115. The summed E-state index contributed by atoms with van der Waals surface area (Å²) in [5.74, 6) is -1.69. The Balaban J connectivity index is 4.14. The molecule has 0 spiro atoms. The third-order valence-electron chi connectivity index (χ3n) is 5.54. The zero-order valence-electron chi connectivity index (χ0n) is 32.8. The number of esters is 10. The van der Waals surface area contributed by atoms with Crippen molar-refractivity contribution in [1.29, 1.82) is 0 Å². The van der Waals surface area contributed by atoms with E-state index in [1.807, 2.05) is 0 Å². The fourth-order valence-corrected chi connectivity index (χ4v) is 5.77. The predicted octanol–water partition coefficient (Wildman–Crippen LogP) is 1.30. The fourth-order valence-electron chi connectivity index (χ4n) is 2.86. The van der Waals surface area contributed by atoms with E-state index in [1.54, 1.807) is 11.8 Å². The molecule has 0 aromatic carbocycles. The Bertz CT molecular complexity index is 1680. The van der Waals surface area contributed by atoms with Crippen LogP contribution in [0.3, 0.4) is 0 Å². The van der Waals surface area contributed by atoms with Gasteiger partial charge in [0, 0.05) is 59.2 Å². The van der Waals surface area contributed by atoms with E-state index in [1.165, 1.54) is 80.8 Å². The minimum Gasteiger partial charge on any atom is -0.460 e. The van der Waals surface area contributed by atoms with Crippen molar-refractivity contribution in [2.45, 2.75) is 18.9 Å². The SMILES string of the molecule is C#CCOC(COC(=O)C=CSCCS/C=C/C(=O)OCOC(=O)CC(=O)OCOC(=O)C#C)COC(=O)/C=C/SCCSC=CC(=O)OCOC(=O)CC(=O)OCOC(=O)C#C. The fraction of sp³-hybridized carbons (Fsp3) is 0.368. The highest BCUT2D eigenvalue weighted by Gasteiger charge is 2.16. The molecule has 0 amide bonds. The average molecular weight is 959 g/mol. The van der Waals surface area contributed by atoms with Gasteiger partial charge >= 0.3 is 59.7 Å². The minimum absolute atomic E-state index is 0.129. The van der Waals surface area contributed by atoms with Crippen molar-refractivity contribution in [2.75, 3.05) is 70.0 Å². The molecule has 1 unspecified atom stereocenters.